The molecule has 0 aliphatic carbocycles. The molecule has 0 aliphatic rings. The topological polar surface area (TPSA) is 65.2 Å². The first kappa shape index (κ1) is 18.5. The van der Waals surface area contributed by atoms with Crippen LogP contribution in [0.4, 0.5) is 0 Å². The Balaban J connectivity index is 1.81. The fourth-order valence-corrected chi connectivity index (χ4v) is 3.49. The average molecular weight is 413 g/mol. The van der Waals surface area contributed by atoms with Crippen LogP contribution in [0.2, 0.25) is 10.0 Å². The van der Waals surface area contributed by atoms with Gasteiger partial charge in [-0.3, -0.25) is 0 Å². The Labute approximate surface area is 170 Å². The number of benzene rings is 2. The smallest absolute Gasteiger partial charge is 0.349 e. The number of esters is 1. The zero-order valence-corrected chi connectivity index (χ0v) is 16.5. The molecule has 4 aromatic rings. The molecule has 0 unspecified atom stereocenters. The molecule has 0 bridgehead atoms. The van der Waals surface area contributed by atoms with Crippen LogP contribution in [0.25, 0.3) is 22.2 Å². The van der Waals surface area contributed by atoms with Crippen molar-refractivity contribution in [3.63, 3.8) is 0 Å². The molecule has 5 nitrogen and oxygen atoms in total. The largest absolute Gasteiger partial charge is 0.419 e. The molecule has 0 saturated heterocycles. The third kappa shape index (κ3) is 3.23. The number of aryl methyl sites for hydroxylation is 2. The lowest BCUT2D eigenvalue weighted by atomic mass is 10.1. The fraction of sp³-hybridized carbons (Fsp3) is 0.0952. The molecule has 0 N–H and O–H groups in total. The lowest BCUT2D eigenvalue weighted by Crippen LogP contribution is -2.11. The van der Waals surface area contributed by atoms with E-state index in [1.54, 1.807) is 6.92 Å². The Bertz CT molecular complexity index is 1200. The summed E-state index contributed by atoms with van der Waals surface area (Å²) in [4.78, 5) is 17.5. The molecule has 0 radical (unpaired) electrons. The highest BCUT2D eigenvalue weighted by Gasteiger charge is 2.25. The first-order valence-electron chi connectivity index (χ1n) is 8.45. The second-order valence-electron chi connectivity index (χ2n) is 6.24. The zero-order valence-electron chi connectivity index (χ0n) is 15.0. The number of hydrogen-bond donors (Lipinski definition) is 0. The van der Waals surface area contributed by atoms with E-state index in [1.807, 2.05) is 49.4 Å². The van der Waals surface area contributed by atoms with Crippen LogP contribution in [0, 0.1) is 13.8 Å². The number of aromatic nitrogens is 2. The quantitative estimate of drug-likeness (QED) is 0.303. The van der Waals surface area contributed by atoms with Crippen LogP contribution in [0.5, 0.6) is 5.75 Å². The Morgan fingerprint density at radius 3 is 2.54 bits per heavy atom. The summed E-state index contributed by atoms with van der Waals surface area (Å²) in [5.74, 6) is -0.136. The molecular formula is C21H14Cl2N2O3. The van der Waals surface area contributed by atoms with Crippen molar-refractivity contribution in [1.82, 2.24) is 10.1 Å². The molecule has 4 rings (SSSR count). The molecule has 0 spiro atoms. The Kier molecular flexibility index (Phi) is 4.79. The van der Waals surface area contributed by atoms with Crippen LogP contribution in [0.3, 0.4) is 0 Å². The number of ether oxygens (including phenoxy) is 1. The average Bonchev–Trinajstić information content (AvgIpc) is 3.07. The second kappa shape index (κ2) is 7.26. The van der Waals surface area contributed by atoms with Crippen molar-refractivity contribution in [2.24, 2.45) is 0 Å². The summed E-state index contributed by atoms with van der Waals surface area (Å²) in [7, 11) is 0. The SMILES string of the molecule is Cc1ccc2c(Cl)cc(Cl)c(OC(=O)c3c(-c4ccccc4)noc3C)c2n1. The van der Waals surface area contributed by atoms with Crippen molar-refractivity contribution in [3.8, 4) is 17.0 Å². The summed E-state index contributed by atoms with van der Waals surface area (Å²) in [6.45, 7) is 3.48. The van der Waals surface area contributed by atoms with Gasteiger partial charge in [-0.1, -0.05) is 58.7 Å². The van der Waals surface area contributed by atoms with Crippen molar-refractivity contribution >= 4 is 40.1 Å². The predicted octanol–water partition coefficient (Wildman–Crippen LogP) is 6.03. The summed E-state index contributed by atoms with van der Waals surface area (Å²) >= 11 is 12.6. The molecule has 140 valence electrons. The maximum atomic E-state index is 13.0. The highest BCUT2D eigenvalue weighted by molar-refractivity contribution is 6.39. The number of nitrogens with zero attached hydrogens (tertiary/aromatic N) is 2. The van der Waals surface area contributed by atoms with Gasteiger partial charge in [0.15, 0.2) is 5.75 Å². The molecule has 2 aromatic heterocycles. The number of carbonyl (C=O) groups excluding carboxylic acids is 1. The minimum absolute atomic E-state index is 0.148. The van der Waals surface area contributed by atoms with Crippen molar-refractivity contribution in [1.29, 1.82) is 0 Å². The number of carbonyl (C=O) groups is 1. The molecule has 2 heterocycles. The van der Waals surface area contributed by atoms with Gasteiger partial charge in [-0.05, 0) is 32.0 Å². The van der Waals surface area contributed by atoms with E-state index in [1.165, 1.54) is 6.07 Å². The van der Waals surface area contributed by atoms with Crippen molar-refractivity contribution in [2.75, 3.05) is 0 Å². The number of halogens is 2. The van der Waals surface area contributed by atoms with Crippen LogP contribution in [0.1, 0.15) is 21.8 Å². The van der Waals surface area contributed by atoms with E-state index in [2.05, 4.69) is 10.1 Å². The third-order valence-corrected chi connectivity index (χ3v) is 4.88. The molecule has 0 amide bonds. The van der Waals surface area contributed by atoms with Crippen molar-refractivity contribution in [2.45, 2.75) is 13.8 Å². The minimum Gasteiger partial charge on any atom is -0.419 e. The fourth-order valence-electron chi connectivity index (χ4n) is 2.94. The van der Waals surface area contributed by atoms with E-state index in [9.17, 15) is 4.79 Å². The summed E-state index contributed by atoms with van der Waals surface area (Å²) in [6.07, 6.45) is 0. The summed E-state index contributed by atoms with van der Waals surface area (Å²) in [6, 6.07) is 14.4. The normalized spacial score (nSPS) is 11.0. The molecule has 0 atom stereocenters. The first-order valence-corrected chi connectivity index (χ1v) is 9.20. The highest BCUT2D eigenvalue weighted by atomic mass is 35.5. The monoisotopic (exact) mass is 412 g/mol. The van der Waals surface area contributed by atoms with Crippen molar-refractivity contribution in [3.05, 3.63) is 75.6 Å². The van der Waals surface area contributed by atoms with Crippen LogP contribution >= 0.6 is 23.2 Å². The van der Waals surface area contributed by atoms with Crippen LogP contribution in [-0.4, -0.2) is 16.1 Å². The molecule has 0 saturated carbocycles. The van der Waals surface area contributed by atoms with Gasteiger partial charge in [0.25, 0.3) is 0 Å². The molecular weight excluding hydrogens is 399 g/mol. The third-order valence-electron chi connectivity index (χ3n) is 4.29. The highest BCUT2D eigenvalue weighted by Crippen LogP contribution is 2.38. The summed E-state index contributed by atoms with van der Waals surface area (Å²) in [5.41, 5.74) is 2.54. The van der Waals surface area contributed by atoms with E-state index in [4.69, 9.17) is 32.5 Å². The van der Waals surface area contributed by atoms with E-state index < -0.39 is 5.97 Å². The Morgan fingerprint density at radius 2 is 1.79 bits per heavy atom. The number of rotatable bonds is 3. The van der Waals surface area contributed by atoms with E-state index >= 15 is 0 Å². The van der Waals surface area contributed by atoms with Gasteiger partial charge in [0.05, 0.1) is 10.0 Å². The number of pyridine rings is 1. The minimum atomic E-state index is -0.633. The van der Waals surface area contributed by atoms with Crippen LogP contribution < -0.4 is 4.74 Å². The lowest BCUT2D eigenvalue weighted by molar-refractivity contribution is 0.0735. The van der Waals surface area contributed by atoms with Gasteiger partial charge in [0.2, 0.25) is 0 Å². The van der Waals surface area contributed by atoms with Gasteiger partial charge in [-0.25, -0.2) is 9.78 Å². The molecule has 0 aliphatic heterocycles. The van der Waals surface area contributed by atoms with Gasteiger partial charge < -0.3 is 9.26 Å². The standard InChI is InChI=1S/C21H14Cl2N2O3/c1-11-8-9-14-15(22)10-16(23)20(19(14)24-11)27-21(26)17-12(2)28-25-18(17)13-6-4-3-5-7-13/h3-10H,1-2H3. The second-order valence-corrected chi connectivity index (χ2v) is 7.05. The molecule has 2 aromatic carbocycles. The van der Waals surface area contributed by atoms with Crippen LogP contribution in [-0.2, 0) is 0 Å². The van der Waals surface area contributed by atoms with Gasteiger partial charge in [-0.15, -0.1) is 0 Å². The van der Waals surface area contributed by atoms with Gasteiger partial charge in [0, 0.05) is 16.6 Å². The van der Waals surface area contributed by atoms with E-state index in [0.29, 0.717) is 27.4 Å². The zero-order chi connectivity index (χ0) is 19.8. The van der Waals surface area contributed by atoms with E-state index in [-0.39, 0.29) is 16.3 Å². The maximum absolute atomic E-state index is 13.0. The lowest BCUT2D eigenvalue weighted by Gasteiger charge is -2.11. The molecule has 28 heavy (non-hydrogen) atoms. The number of hydrogen-bond acceptors (Lipinski definition) is 5. The van der Waals surface area contributed by atoms with Gasteiger partial charge >= 0.3 is 5.97 Å². The number of fused-ring (bicyclic) bond motifs is 1. The molecule has 0 fully saturated rings. The summed E-state index contributed by atoms with van der Waals surface area (Å²) in [5, 5.41) is 5.28. The predicted molar refractivity (Wildman–Crippen MR) is 108 cm³/mol. The Morgan fingerprint density at radius 1 is 1.04 bits per heavy atom. The van der Waals surface area contributed by atoms with Crippen molar-refractivity contribution < 1.29 is 14.1 Å². The van der Waals surface area contributed by atoms with Gasteiger partial charge in [-0.2, -0.15) is 0 Å². The first-order chi connectivity index (χ1) is 13.5. The maximum Gasteiger partial charge on any atom is 0.349 e. The molecule has 7 heteroatoms. The summed E-state index contributed by atoms with van der Waals surface area (Å²) < 4.78 is 10.9. The van der Waals surface area contributed by atoms with Crippen LogP contribution in [0.15, 0.2) is 53.1 Å². The van der Waals surface area contributed by atoms with E-state index in [0.717, 1.165) is 11.3 Å². The van der Waals surface area contributed by atoms with Gasteiger partial charge in [0.1, 0.15) is 22.5 Å². The Hall–Kier alpha value is -2.89.